The molecule has 0 N–H and O–H groups in total. The first-order chi connectivity index (χ1) is 19.1. The molecule has 0 saturated heterocycles. The summed E-state index contributed by atoms with van der Waals surface area (Å²) >= 11 is 0. The largest absolute Gasteiger partial charge is 0.494 e. The van der Waals surface area contributed by atoms with Crippen molar-refractivity contribution in [3.63, 3.8) is 0 Å². The van der Waals surface area contributed by atoms with Gasteiger partial charge < -0.3 is 14.2 Å². The molecule has 2 aliphatic carbocycles. The minimum absolute atomic E-state index is 0.00480. The van der Waals surface area contributed by atoms with Crippen LogP contribution in [0.15, 0.2) is 36.4 Å². The number of carbonyl (C=O) groups is 2. The van der Waals surface area contributed by atoms with Crippen LogP contribution in [0.3, 0.4) is 0 Å². The molecule has 0 aliphatic heterocycles. The summed E-state index contributed by atoms with van der Waals surface area (Å²) in [6, 6.07) is 8.79. The molecule has 218 valence electrons. The summed E-state index contributed by atoms with van der Waals surface area (Å²) in [5, 5.41) is 0. The lowest BCUT2D eigenvalue weighted by Crippen LogP contribution is -2.19. The minimum Gasteiger partial charge on any atom is -0.494 e. The van der Waals surface area contributed by atoms with Gasteiger partial charge in [0.15, 0.2) is 0 Å². The van der Waals surface area contributed by atoms with Gasteiger partial charge in [0.2, 0.25) is 0 Å². The maximum absolute atomic E-state index is 11.8. The topological polar surface area (TPSA) is 61.8 Å². The summed E-state index contributed by atoms with van der Waals surface area (Å²) in [6.45, 7) is 3.35. The maximum atomic E-state index is 11.8. The summed E-state index contributed by atoms with van der Waals surface area (Å²) in [6.07, 6.45) is 23.8. The number of hydrogen-bond acceptors (Lipinski definition) is 5. The average Bonchev–Trinajstić information content (AvgIpc) is 2.97. The molecular weight excluding hydrogens is 488 g/mol. The highest BCUT2D eigenvalue weighted by Crippen LogP contribution is 2.38. The Morgan fingerprint density at radius 3 is 2.13 bits per heavy atom. The first-order valence-electron chi connectivity index (χ1n) is 15.9. The van der Waals surface area contributed by atoms with E-state index < -0.39 is 11.9 Å². The number of carbonyl (C=O) groups excluding carboxylic acids is 2. The fraction of sp³-hybridized carbons (Fsp3) is 0.706. The van der Waals surface area contributed by atoms with E-state index in [-0.39, 0.29) is 6.10 Å². The van der Waals surface area contributed by atoms with Crippen LogP contribution in [0.1, 0.15) is 134 Å². The molecule has 39 heavy (non-hydrogen) atoms. The number of unbranched alkanes of at least 4 members (excludes halogenated alkanes) is 6. The molecule has 2 saturated carbocycles. The first kappa shape index (κ1) is 31.2. The Hall–Kier alpha value is -2.30. The smallest absolute Gasteiger partial charge is 0.331 e. The quantitative estimate of drug-likeness (QED) is 0.112. The molecule has 0 heterocycles. The van der Waals surface area contributed by atoms with Gasteiger partial charge in [-0.1, -0.05) is 57.6 Å². The first-order valence-corrected chi connectivity index (χ1v) is 15.9. The van der Waals surface area contributed by atoms with Gasteiger partial charge in [0, 0.05) is 12.2 Å². The number of rotatable bonds is 17. The Morgan fingerprint density at radius 1 is 0.744 bits per heavy atom. The van der Waals surface area contributed by atoms with Crippen LogP contribution in [-0.4, -0.2) is 31.3 Å². The average molecular weight is 541 g/mol. The highest BCUT2D eigenvalue weighted by molar-refractivity contribution is 5.91. The van der Waals surface area contributed by atoms with E-state index >= 15 is 0 Å². The van der Waals surface area contributed by atoms with Crippen LogP contribution in [-0.2, 0) is 19.1 Å². The molecule has 0 aromatic heterocycles. The van der Waals surface area contributed by atoms with E-state index in [9.17, 15) is 9.59 Å². The number of ether oxygens (including phenoxy) is 3. The summed E-state index contributed by atoms with van der Waals surface area (Å²) < 4.78 is 16.5. The van der Waals surface area contributed by atoms with Crippen molar-refractivity contribution >= 4 is 11.9 Å². The molecule has 0 radical (unpaired) electrons. The van der Waals surface area contributed by atoms with Gasteiger partial charge in [-0.05, 0) is 107 Å². The maximum Gasteiger partial charge on any atom is 0.331 e. The van der Waals surface area contributed by atoms with Gasteiger partial charge >= 0.3 is 11.9 Å². The molecular formula is C34H52O5. The molecule has 5 nitrogen and oxygen atoms in total. The van der Waals surface area contributed by atoms with Crippen LogP contribution >= 0.6 is 0 Å². The molecule has 0 unspecified atom stereocenters. The number of esters is 2. The van der Waals surface area contributed by atoms with Crippen LogP contribution in [0, 0.1) is 5.92 Å². The Morgan fingerprint density at radius 2 is 1.41 bits per heavy atom. The zero-order chi connectivity index (χ0) is 27.5. The van der Waals surface area contributed by atoms with Gasteiger partial charge in [-0.3, -0.25) is 0 Å². The van der Waals surface area contributed by atoms with Crippen molar-refractivity contribution < 1.29 is 23.8 Å². The van der Waals surface area contributed by atoms with Crippen molar-refractivity contribution in [2.45, 2.75) is 135 Å². The summed E-state index contributed by atoms with van der Waals surface area (Å²) in [5.41, 5.74) is 1.47. The lowest BCUT2D eigenvalue weighted by Gasteiger charge is -2.29. The molecule has 1 aromatic carbocycles. The van der Waals surface area contributed by atoms with E-state index in [0.717, 1.165) is 63.0 Å². The Bertz CT molecular complexity index is 832. The molecule has 3 rings (SSSR count). The van der Waals surface area contributed by atoms with Gasteiger partial charge in [-0.15, -0.1) is 0 Å². The standard InChI is InChI=1S/C34H52O5/c1-2-3-4-8-13-28-16-18-29(19-17-28)30-20-22-31(23-21-30)37-26-11-5-6-12-27-38-33(35)24-25-34(36)39-32-14-9-7-10-15-32/h20-25,28-29,32H,2-19,26-27H2,1H3/b25-24+. The van der Waals surface area contributed by atoms with Gasteiger partial charge in [0.25, 0.3) is 0 Å². The third kappa shape index (κ3) is 13.1. The zero-order valence-corrected chi connectivity index (χ0v) is 24.4. The number of hydrogen-bond donors (Lipinski definition) is 0. The highest BCUT2D eigenvalue weighted by atomic mass is 16.5. The van der Waals surface area contributed by atoms with Crippen molar-refractivity contribution in [1.29, 1.82) is 0 Å². The fourth-order valence-electron chi connectivity index (χ4n) is 5.97. The van der Waals surface area contributed by atoms with E-state index in [1.807, 2.05) is 0 Å². The highest BCUT2D eigenvalue weighted by Gasteiger charge is 2.22. The SMILES string of the molecule is CCCCCCC1CCC(c2ccc(OCCCCCCOC(=O)/C=C/C(=O)OC3CCCCC3)cc2)CC1. The number of benzene rings is 1. The molecule has 0 atom stereocenters. The van der Waals surface area contributed by atoms with Crippen LogP contribution in [0.4, 0.5) is 0 Å². The molecule has 0 bridgehead atoms. The van der Waals surface area contributed by atoms with Crippen molar-refractivity contribution in [2.75, 3.05) is 13.2 Å². The van der Waals surface area contributed by atoms with E-state index in [0.29, 0.717) is 19.1 Å². The molecule has 0 spiro atoms. The van der Waals surface area contributed by atoms with Gasteiger partial charge in [0.05, 0.1) is 13.2 Å². The molecule has 1 aromatic rings. The predicted molar refractivity (Wildman–Crippen MR) is 157 cm³/mol. The van der Waals surface area contributed by atoms with Crippen molar-refractivity contribution in [3.05, 3.63) is 42.0 Å². The summed E-state index contributed by atoms with van der Waals surface area (Å²) in [5.74, 6) is 1.67. The van der Waals surface area contributed by atoms with Crippen LogP contribution in [0.5, 0.6) is 5.75 Å². The third-order valence-corrected chi connectivity index (χ3v) is 8.41. The van der Waals surface area contributed by atoms with Crippen LogP contribution in [0.2, 0.25) is 0 Å². The normalized spacial score (nSPS) is 20.1. The summed E-state index contributed by atoms with van der Waals surface area (Å²) in [7, 11) is 0. The Balaban J connectivity index is 1.17. The lowest BCUT2D eigenvalue weighted by molar-refractivity contribution is -0.145. The molecule has 2 aliphatic rings. The van der Waals surface area contributed by atoms with Crippen LogP contribution < -0.4 is 4.74 Å². The monoisotopic (exact) mass is 540 g/mol. The Labute approximate surface area is 237 Å². The zero-order valence-electron chi connectivity index (χ0n) is 24.4. The van der Waals surface area contributed by atoms with Crippen LogP contribution in [0.25, 0.3) is 0 Å². The molecule has 0 amide bonds. The fourth-order valence-corrected chi connectivity index (χ4v) is 5.97. The van der Waals surface area contributed by atoms with Gasteiger partial charge in [-0.25, -0.2) is 9.59 Å². The van der Waals surface area contributed by atoms with Crippen molar-refractivity contribution in [3.8, 4) is 5.75 Å². The van der Waals surface area contributed by atoms with E-state index in [4.69, 9.17) is 14.2 Å². The lowest BCUT2D eigenvalue weighted by atomic mass is 9.77. The van der Waals surface area contributed by atoms with E-state index in [1.54, 1.807) is 0 Å². The Kier molecular flexibility index (Phi) is 15.1. The van der Waals surface area contributed by atoms with Crippen molar-refractivity contribution in [1.82, 2.24) is 0 Å². The minimum atomic E-state index is -0.488. The van der Waals surface area contributed by atoms with E-state index in [1.165, 1.54) is 81.9 Å². The molecule has 2 fully saturated rings. The molecule has 5 heteroatoms. The third-order valence-electron chi connectivity index (χ3n) is 8.41. The second-order valence-electron chi connectivity index (χ2n) is 11.6. The summed E-state index contributed by atoms with van der Waals surface area (Å²) in [4.78, 5) is 23.6. The van der Waals surface area contributed by atoms with Gasteiger partial charge in [-0.2, -0.15) is 0 Å². The van der Waals surface area contributed by atoms with E-state index in [2.05, 4.69) is 31.2 Å². The second kappa shape index (κ2) is 18.9. The second-order valence-corrected chi connectivity index (χ2v) is 11.6. The van der Waals surface area contributed by atoms with Gasteiger partial charge in [0.1, 0.15) is 11.9 Å². The van der Waals surface area contributed by atoms with Crippen molar-refractivity contribution in [2.24, 2.45) is 5.92 Å². The predicted octanol–water partition coefficient (Wildman–Crippen LogP) is 8.85.